The zero-order valence-corrected chi connectivity index (χ0v) is 18.0. The molecule has 2 aromatic rings. The number of anilines is 2. The first kappa shape index (κ1) is 17.8. The third-order valence-electron chi connectivity index (χ3n) is 9.35. The monoisotopic (exact) mass is 398 g/mol. The number of nitrogens with zero attached hydrogens (tertiary/aromatic N) is 2. The van der Waals surface area contributed by atoms with Gasteiger partial charge < -0.3 is 9.80 Å². The third-order valence-corrected chi connectivity index (χ3v) is 9.35. The standard InChI is InChI=1S/C28H34N2/c1-2-6-23(7-3-1)30-26-9-5-4-8-24(26)25-18-29(11-10-27(25)30)19-28-15-20-12-21(16-28)14-22(13-20)17-28/h1-9,20-22,25,27H,10-19H2/t20?,21?,22?,25-,27+,28?/m0/s1. The number of hydrogen-bond donors (Lipinski definition) is 0. The summed E-state index contributed by atoms with van der Waals surface area (Å²) in [6.45, 7) is 3.92. The lowest BCUT2D eigenvalue weighted by Crippen LogP contribution is -2.54. The van der Waals surface area contributed by atoms with Crippen LogP contribution in [0, 0.1) is 23.2 Å². The summed E-state index contributed by atoms with van der Waals surface area (Å²) in [5, 5.41) is 0. The van der Waals surface area contributed by atoms with Gasteiger partial charge in [-0.2, -0.15) is 0 Å². The maximum absolute atomic E-state index is 2.89. The Hall–Kier alpha value is -1.80. The van der Waals surface area contributed by atoms with Crippen molar-refractivity contribution in [2.24, 2.45) is 23.2 Å². The van der Waals surface area contributed by atoms with E-state index in [0.717, 1.165) is 17.8 Å². The summed E-state index contributed by atoms with van der Waals surface area (Å²) in [7, 11) is 0. The van der Waals surface area contributed by atoms with Gasteiger partial charge in [-0.25, -0.2) is 0 Å². The molecule has 30 heavy (non-hydrogen) atoms. The molecule has 8 rings (SSSR count). The number of benzene rings is 2. The van der Waals surface area contributed by atoms with Crippen LogP contribution >= 0.6 is 0 Å². The fraction of sp³-hybridized carbons (Fsp3) is 0.571. The van der Waals surface area contributed by atoms with Crippen LogP contribution in [0.1, 0.15) is 56.4 Å². The Balaban J connectivity index is 1.16. The summed E-state index contributed by atoms with van der Waals surface area (Å²) in [5.74, 6) is 3.85. The molecule has 4 aliphatic carbocycles. The van der Waals surface area contributed by atoms with Crippen LogP contribution in [0.3, 0.4) is 0 Å². The Morgan fingerprint density at radius 2 is 1.47 bits per heavy atom. The van der Waals surface area contributed by atoms with Crippen molar-refractivity contribution in [2.75, 3.05) is 24.5 Å². The van der Waals surface area contributed by atoms with Crippen molar-refractivity contribution >= 4 is 11.4 Å². The molecular formula is C28H34N2. The van der Waals surface area contributed by atoms with Gasteiger partial charge in [0.25, 0.3) is 0 Å². The van der Waals surface area contributed by atoms with Gasteiger partial charge in [-0.1, -0.05) is 36.4 Å². The fourth-order valence-electron chi connectivity index (χ4n) is 8.84. The molecule has 156 valence electrons. The van der Waals surface area contributed by atoms with E-state index < -0.39 is 0 Å². The van der Waals surface area contributed by atoms with Crippen molar-refractivity contribution < 1.29 is 0 Å². The van der Waals surface area contributed by atoms with Crippen LogP contribution in [0.25, 0.3) is 0 Å². The van der Waals surface area contributed by atoms with Crippen molar-refractivity contribution in [2.45, 2.75) is 56.9 Å². The van der Waals surface area contributed by atoms with Crippen molar-refractivity contribution in [3.05, 3.63) is 60.2 Å². The molecule has 2 aliphatic heterocycles. The quantitative estimate of drug-likeness (QED) is 0.606. The molecule has 0 N–H and O–H groups in total. The van der Waals surface area contributed by atoms with E-state index in [-0.39, 0.29) is 0 Å². The predicted molar refractivity (Wildman–Crippen MR) is 123 cm³/mol. The highest BCUT2D eigenvalue weighted by Gasteiger charge is 2.52. The van der Waals surface area contributed by atoms with E-state index in [1.165, 1.54) is 56.7 Å². The first-order chi connectivity index (χ1) is 14.8. The molecule has 2 heterocycles. The lowest BCUT2D eigenvalue weighted by molar-refractivity contribution is -0.0721. The topological polar surface area (TPSA) is 6.48 Å². The van der Waals surface area contributed by atoms with Crippen molar-refractivity contribution in [1.29, 1.82) is 0 Å². The molecule has 4 saturated carbocycles. The minimum atomic E-state index is 0.623. The number of hydrogen-bond acceptors (Lipinski definition) is 2. The summed E-state index contributed by atoms with van der Waals surface area (Å²) in [4.78, 5) is 5.54. The molecule has 2 heteroatoms. The molecule has 0 aromatic heterocycles. The second-order valence-electron chi connectivity index (χ2n) is 11.4. The van der Waals surface area contributed by atoms with Gasteiger partial charge >= 0.3 is 0 Å². The molecule has 0 radical (unpaired) electrons. The van der Waals surface area contributed by atoms with Gasteiger partial charge in [0.1, 0.15) is 0 Å². The number of para-hydroxylation sites is 2. The molecule has 2 atom stereocenters. The Labute approximate surface area is 181 Å². The molecule has 0 amide bonds. The van der Waals surface area contributed by atoms with Crippen LogP contribution in [0.2, 0.25) is 0 Å². The Morgan fingerprint density at radius 1 is 0.800 bits per heavy atom. The van der Waals surface area contributed by atoms with Crippen molar-refractivity contribution in [3.63, 3.8) is 0 Å². The van der Waals surface area contributed by atoms with E-state index in [9.17, 15) is 0 Å². The Bertz CT molecular complexity index is 899. The number of piperidine rings is 1. The summed E-state index contributed by atoms with van der Waals surface area (Å²) in [6.07, 6.45) is 10.6. The van der Waals surface area contributed by atoms with Gasteiger partial charge in [-0.05, 0) is 91.9 Å². The van der Waals surface area contributed by atoms with Crippen LogP contribution in [-0.4, -0.2) is 30.6 Å². The highest BCUT2D eigenvalue weighted by Crippen LogP contribution is 2.60. The molecule has 2 nitrogen and oxygen atoms in total. The van der Waals surface area contributed by atoms with E-state index in [0.29, 0.717) is 17.4 Å². The molecule has 0 spiro atoms. The molecule has 1 saturated heterocycles. The normalized spacial score (nSPS) is 39.2. The summed E-state index contributed by atoms with van der Waals surface area (Å²) < 4.78 is 0. The lowest BCUT2D eigenvalue weighted by Gasteiger charge is -2.58. The molecular weight excluding hydrogens is 364 g/mol. The number of rotatable bonds is 3. The Kier molecular flexibility index (Phi) is 3.92. The molecule has 5 fully saturated rings. The highest BCUT2D eigenvalue weighted by atomic mass is 15.2. The van der Waals surface area contributed by atoms with E-state index >= 15 is 0 Å². The summed E-state index contributed by atoms with van der Waals surface area (Å²) in [6, 6.07) is 21.0. The van der Waals surface area contributed by atoms with Gasteiger partial charge in [0, 0.05) is 43.0 Å². The van der Waals surface area contributed by atoms with Crippen LogP contribution in [-0.2, 0) is 0 Å². The molecule has 6 aliphatic rings. The van der Waals surface area contributed by atoms with E-state index in [4.69, 9.17) is 0 Å². The summed E-state index contributed by atoms with van der Waals surface area (Å²) >= 11 is 0. The average molecular weight is 399 g/mol. The summed E-state index contributed by atoms with van der Waals surface area (Å²) in [5.41, 5.74) is 5.07. The maximum Gasteiger partial charge on any atom is 0.0450 e. The first-order valence-corrected chi connectivity index (χ1v) is 12.4. The third kappa shape index (κ3) is 2.72. The van der Waals surface area contributed by atoms with Crippen molar-refractivity contribution in [3.8, 4) is 0 Å². The van der Waals surface area contributed by atoms with Gasteiger partial charge in [0.05, 0.1) is 0 Å². The van der Waals surface area contributed by atoms with Crippen LogP contribution in [0.4, 0.5) is 11.4 Å². The van der Waals surface area contributed by atoms with Gasteiger partial charge in [-0.15, -0.1) is 0 Å². The zero-order chi connectivity index (χ0) is 19.7. The van der Waals surface area contributed by atoms with Crippen LogP contribution < -0.4 is 4.90 Å². The van der Waals surface area contributed by atoms with Gasteiger partial charge in [0.15, 0.2) is 0 Å². The second-order valence-corrected chi connectivity index (χ2v) is 11.4. The van der Waals surface area contributed by atoms with E-state index in [2.05, 4.69) is 64.4 Å². The molecule has 4 bridgehead atoms. The average Bonchev–Trinajstić information content (AvgIpc) is 3.07. The van der Waals surface area contributed by atoms with Crippen LogP contribution in [0.15, 0.2) is 54.6 Å². The smallest absolute Gasteiger partial charge is 0.0450 e. The van der Waals surface area contributed by atoms with Gasteiger partial charge in [-0.3, -0.25) is 0 Å². The number of likely N-dealkylation sites (tertiary alicyclic amines) is 1. The molecule has 0 unspecified atom stereocenters. The minimum Gasteiger partial charge on any atom is -0.337 e. The fourth-order valence-corrected chi connectivity index (χ4v) is 8.84. The van der Waals surface area contributed by atoms with Gasteiger partial charge in [0.2, 0.25) is 0 Å². The van der Waals surface area contributed by atoms with Crippen molar-refractivity contribution in [1.82, 2.24) is 4.90 Å². The van der Waals surface area contributed by atoms with E-state index in [1.807, 2.05) is 0 Å². The molecule has 2 aromatic carbocycles. The predicted octanol–water partition coefficient (Wildman–Crippen LogP) is 6.21. The second kappa shape index (κ2) is 6.60. The van der Waals surface area contributed by atoms with Crippen LogP contribution in [0.5, 0.6) is 0 Å². The maximum atomic E-state index is 2.89. The highest BCUT2D eigenvalue weighted by molar-refractivity contribution is 5.72. The largest absolute Gasteiger partial charge is 0.337 e. The minimum absolute atomic E-state index is 0.623. The zero-order valence-electron chi connectivity index (χ0n) is 18.0. The Morgan fingerprint density at radius 3 is 2.20 bits per heavy atom. The SMILES string of the molecule is c1ccc(N2c3ccccc3[C@@H]3CN(CC45CC6CC(CC(C6)C4)C5)CC[C@H]32)cc1. The number of fused-ring (bicyclic) bond motifs is 3. The first-order valence-electron chi connectivity index (χ1n) is 12.4. The van der Waals surface area contributed by atoms with E-state index in [1.54, 1.807) is 24.8 Å². The lowest BCUT2D eigenvalue weighted by atomic mass is 9.49.